The van der Waals surface area contributed by atoms with E-state index in [4.69, 9.17) is 28.0 Å². The van der Waals surface area contributed by atoms with Gasteiger partial charge in [0.15, 0.2) is 5.96 Å². The molecule has 0 aliphatic rings. The highest BCUT2D eigenvalue weighted by molar-refractivity contribution is 5.95. The van der Waals surface area contributed by atoms with Crippen LogP contribution in [0.1, 0.15) is 58.8 Å². The molecule has 0 rings (SSSR count). The van der Waals surface area contributed by atoms with Crippen LogP contribution in [0.25, 0.3) is 0 Å². The number of guanidine groups is 1. The summed E-state index contributed by atoms with van der Waals surface area (Å²) in [4.78, 5) is 77.7. The average molecular weight is 588 g/mol. The fourth-order valence-corrected chi connectivity index (χ4v) is 3.64. The lowest BCUT2D eigenvalue weighted by Gasteiger charge is -2.27. The van der Waals surface area contributed by atoms with E-state index >= 15 is 0 Å². The van der Waals surface area contributed by atoms with E-state index in [9.17, 15) is 33.9 Å². The molecule has 0 unspecified atom stereocenters. The lowest BCUT2D eigenvalue weighted by molar-refractivity contribution is -0.142. The largest absolute Gasteiger partial charge is 0.481 e. The van der Waals surface area contributed by atoms with Crippen LogP contribution in [-0.4, -0.2) is 95.5 Å². The number of carbonyl (C=O) groups excluding carboxylic acids is 4. The van der Waals surface area contributed by atoms with E-state index in [1.165, 1.54) is 0 Å². The van der Waals surface area contributed by atoms with Gasteiger partial charge in [-0.25, -0.2) is 4.79 Å². The maximum atomic E-state index is 13.2. The second-order valence-electron chi connectivity index (χ2n) is 9.68. The Labute approximate surface area is 238 Å². The summed E-state index contributed by atoms with van der Waals surface area (Å²) in [7, 11) is 0. The van der Waals surface area contributed by atoms with Gasteiger partial charge in [0.25, 0.3) is 0 Å². The Bertz CT molecular complexity index is 925. The first-order chi connectivity index (χ1) is 19.2. The maximum absolute atomic E-state index is 13.2. The minimum absolute atomic E-state index is 0.0688. The van der Waals surface area contributed by atoms with Crippen molar-refractivity contribution in [2.75, 3.05) is 19.6 Å². The molecule has 4 atom stereocenters. The summed E-state index contributed by atoms with van der Waals surface area (Å²) in [6.07, 6.45) is 0.677. The van der Waals surface area contributed by atoms with Gasteiger partial charge in [0, 0.05) is 13.0 Å². The highest BCUT2D eigenvalue weighted by Gasteiger charge is 2.32. The molecule has 17 nitrogen and oxygen atoms in total. The summed E-state index contributed by atoms with van der Waals surface area (Å²) < 4.78 is 0. The lowest BCUT2D eigenvalue weighted by atomic mass is 10.0. The molecule has 0 spiro atoms. The van der Waals surface area contributed by atoms with Crippen LogP contribution in [0.2, 0.25) is 0 Å². The normalized spacial score (nSPS) is 13.7. The third-order valence-corrected chi connectivity index (χ3v) is 5.87. The van der Waals surface area contributed by atoms with Crippen molar-refractivity contribution >= 4 is 41.5 Å². The minimum atomic E-state index is -1.40. The first-order valence-electron chi connectivity index (χ1n) is 13.3. The minimum Gasteiger partial charge on any atom is -0.481 e. The molecule has 14 N–H and O–H groups in total. The SMILES string of the molecule is CC(C)[C@H](NC(=O)[C@H](CCC(=O)O)NC(=O)[C@H](CCCN=C(N)N)NC(=O)CN)C(=O)N[C@@H](CCCCN)C(=O)O. The number of aliphatic imine (C=N–C) groups is 1. The van der Waals surface area contributed by atoms with Crippen molar-refractivity contribution in [2.45, 2.75) is 83.0 Å². The number of nitrogens with two attached hydrogens (primary N) is 4. The molecule has 4 amide bonds. The van der Waals surface area contributed by atoms with Crippen molar-refractivity contribution in [2.24, 2.45) is 33.8 Å². The number of hydrogen-bond acceptors (Lipinski definition) is 9. The molecule has 0 heterocycles. The fourth-order valence-electron chi connectivity index (χ4n) is 3.64. The summed E-state index contributed by atoms with van der Waals surface area (Å²) in [6.45, 7) is 3.35. The molecule has 0 aromatic heterocycles. The van der Waals surface area contributed by atoms with Gasteiger partial charge >= 0.3 is 11.9 Å². The standard InChI is InChI=1S/C24H45N9O8/c1-13(2)19(22(39)32-16(23(40)41)6-3-4-10-25)33-21(38)15(8-9-18(35)36)31-20(37)14(30-17(34)12-26)7-5-11-29-24(27)28/h13-16,19H,3-12,25-26H2,1-2H3,(H,30,34)(H,31,37)(H,32,39)(H,33,38)(H,35,36)(H,40,41)(H4,27,28,29)/t14-,15-,16-,19-/m0/s1. The van der Waals surface area contributed by atoms with Crippen LogP contribution < -0.4 is 44.2 Å². The lowest BCUT2D eigenvalue weighted by Crippen LogP contribution is -2.59. The summed E-state index contributed by atoms with van der Waals surface area (Å²) in [5.74, 6) is -6.20. The highest BCUT2D eigenvalue weighted by Crippen LogP contribution is 2.09. The quantitative estimate of drug-likeness (QED) is 0.0358. The number of amides is 4. The zero-order chi connectivity index (χ0) is 31.5. The van der Waals surface area contributed by atoms with Crippen molar-refractivity contribution in [1.29, 1.82) is 0 Å². The fraction of sp³-hybridized carbons (Fsp3) is 0.708. The molecule has 0 bridgehead atoms. The molecule has 0 aliphatic heterocycles. The molecule has 41 heavy (non-hydrogen) atoms. The van der Waals surface area contributed by atoms with Gasteiger partial charge in [0.2, 0.25) is 23.6 Å². The zero-order valence-electron chi connectivity index (χ0n) is 23.6. The van der Waals surface area contributed by atoms with Gasteiger partial charge in [-0.05, 0) is 51.0 Å². The third-order valence-electron chi connectivity index (χ3n) is 5.87. The van der Waals surface area contributed by atoms with Crippen molar-refractivity contribution in [3.05, 3.63) is 0 Å². The van der Waals surface area contributed by atoms with E-state index in [0.717, 1.165) is 0 Å². The van der Waals surface area contributed by atoms with E-state index in [0.29, 0.717) is 19.4 Å². The molecule has 0 aromatic rings. The van der Waals surface area contributed by atoms with Gasteiger partial charge in [-0.3, -0.25) is 29.0 Å². The summed E-state index contributed by atoms with van der Waals surface area (Å²) in [5.41, 5.74) is 21.4. The Balaban J connectivity index is 5.74. The third kappa shape index (κ3) is 16.0. The molecular formula is C24H45N9O8. The predicted octanol–water partition coefficient (Wildman–Crippen LogP) is -3.33. The molecule has 0 saturated carbocycles. The molecule has 0 fully saturated rings. The van der Waals surface area contributed by atoms with Crippen molar-refractivity contribution in [1.82, 2.24) is 21.3 Å². The number of carboxylic acids is 2. The number of aliphatic carboxylic acids is 2. The maximum Gasteiger partial charge on any atom is 0.326 e. The summed E-state index contributed by atoms with van der Waals surface area (Å²) >= 11 is 0. The van der Waals surface area contributed by atoms with Gasteiger partial charge in [0.1, 0.15) is 24.2 Å². The number of hydrogen-bond donors (Lipinski definition) is 10. The number of nitrogens with zero attached hydrogens (tertiary/aromatic N) is 1. The van der Waals surface area contributed by atoms with E-state index in [2.05, 4.69) is 26.3 Å². The number of nitrogens with one attached hydrogen (secondary N) is 4. The van der Waals surface area contributed by atoms with Crippen LogP contribution in [-0.2, 0) is 28.8 Å². The topological polar surface area (TPSA) is 307 Å². The van der Waals surface area contributed by atoms with Crippen LogP contribution in [0.5, 0.6) is 0 Å². The van der Waals surface area contributed by atoms with Crippen LogP contribution in [0, 0.1) is 5.92 Å². The van der Waals surface area contributed by atoms with Crippen molar-refractivity contribution in [3.8, 4) is 0 Å². The van der Waals surface area contributed by atoms with Gasteiger partial charge in [-0.2, -0.15) is 0 Å². The molecular weight excluding hydrogens is 542 g/mol. The number of rotatable bonds is 21. The molecule has 0 radical (unpaired) electrons. The number of unbranched alkanes of at least 4 members (excludes halogenated alkanes) is 1. The molecule has 17 heteroatoms. The van der Waals surface area contributed by atoms with Crippen LogP contribution in [0.3, 0.4) is 0 Å². The van der Waals surface area contributed by atoms with Gasteiger partial charge < -0.3 is 54.4 Å². The zero-order valence-corrected chi connectivity index (χ0v) is 23.6. The van der Waals surface area contributed by atoms with Crippen LogP contribution in [0.15, 0.2) is 4.99 Å². The van der Waals surface area contributed by atoms with Gasteiger partial charge in [-0.1, -0.05) is 13.8 Å². The van der Waals surface area contributed by atoms with Gasteiger partial charge in [0.05, 0.1) is 6.54 Å². The Morgan fingerprint density at radius 3 is 1.80 bits per heavy atom. The van der Waals surface area contributed by atoms with Crippen LogP contribution in [0.4, 0.5) is 0 Å². The van der Waals surface area contributed by atoms with Crippen molar-refractivity contribution < 1.29 is 39.0 Å². The highest BCUT2D eigenvalue weighted by atomic mass is 16.4. The molecule has 0 aromatic carbocycles. The molecule has 0 aliphatic carbocycles. The molecule has 234 valence electrons. The van der Waals surface area contributed by atoms with Gasteiger partial charge in [-0.15, -0.1) is 0 Å². The smallest absolute Gasteiger partial charge is 0.326 e. The van der Waals surface area contributed by atoms with Crippen molar-refractivity contribution in [3.63, 3.8) is 0 Å². The number of carboxylic acid groups (broad SMARTS) is 2. The Morgan fingerprint density at radius 2 is 1.29 bits per heavy atom. The summed E-state index contributed by atoms with van der Waals surface area (Å²) in [5, 5.41) is 28.4. The first-order valence-corrected chi connectivity index (χ1v) is 13.3. The van der Waals surface area contributed by atoms with E-state index < -0.39 is 78.6 Å². The summed E-state index contributed by atoms with van der Waals surface area (Å²) in [6, 6.07) is -4.95. The predicted molar refractivity (Wildman–Crippen MR) is 149 cm³/mol. The Morgan fingerprint density at radius 1 is 0.732 bits per heavy atom. The van der Waals surface area contributed by atoms with E-state index in [1.54, 1.807) is 13.8 Å². The first kappa shape index (κ1) is 37.0. The Hall–Kier alpha value is -3.99. The monoisotopic (exact) mass is 587 g/mol. The second kappa shape index (κ2) is 20.0. The van der Waals surface area contributed by atoms with E-state index in [1.807, 2.05) is 0 Å². The van der Waals surface area contributed by atoms with Crippen LogP contribution >= 0.6 is 0 Å². The van der Waals surface area contributed by atoms with E-state index in [-0.39, 0.29) is 38.2 Å². The molecule has 0 saturated heterocycles. The Kier molecular flexibility index (Phi) is 18.0. The average Bonchev–Trinajstić information content (AvgIpc) is 2.89. The number of carbonyl (C=O) groups is 6. The second-order valence-corrected chi connectivity index (χ2v) is 9.68.